The molecule has 0 amide bonds. The fourth-order valence-corrected chi connectivity index (χ4v) is 11.3. The molecule has 0 radical (unpaired) electrons. The van der Waals surface area contributed by atoms with Gasteiger partial charge in [0.05, 0.1) is 24.4 Å². The summed E-state index contributed by atoms with van der Waals surface area (Å²) in [7, 11) is 0. The Kier molecular flexibility index (Phi) is 4.40. The smallest absolute Gasteiger partial charge is 0.0957 e. The van der Waals surface area contributed by atoms with E-state index >= 15 is 0 Å². The van der Waals surface area contributed by atoms with Crippen LogP contribution in [0.4, 0.5) is 0 Å². The van der Waals surface area contributed by atoms with Gasteiger partial charge in [-0.1, -0.05) is 60.6 Å². The normalized spacial score (nSPS) is 60.3. The number of rotatable bonds is 0. The largest absolute Gasteiger partial charge is 0.393 e. The van der Waals surface area contributed by atoms with Gasteiger partial charge in [-0.15, -0.1) is 0 Å². The molecule has 4 saturated carbocycles. The molecule has 3 heteroatoms. The van der Waals surface area contributed by atoms with E-state index in [-0.39, 0.29) is 44.9 Å². The Balaban J connectivity index is 1.50. The fraction of sp³-hybridized carbons (Fsp3) is 0.933. The predicted molar refractivity (Wildman–Crippen MR) is 132 cm³/mol. The number of hydrogen-bond donors (Lipinski definition) is 2. The van der Waals surface area contributed by atoms with Crippen LogP contribution in [0, 0.1) is 50.2 Å². The lowest BCUT2D eigenvalue weighted by molar-refractivity contribution is -0.256. The van der Waals surface area contributed by atoms with Gasteiger partial charge in [-0.05, 0) is 84.9 Å². The molecular formula is C30H48O3. The summed E-state index contributed by atoms with van der Waals surface area (Å²) in [5.41, 5.74) is 0.154. The van der Waals surface area contributed by atoms with Gasteiger partial charge in [0.25, 0.3) is 0 Å². The number of ether oxygens (including phenoxy) is 1. The van der Waals surface area contributed by atoms with Gasteiger partial charge in [-0.25, -0.2) is 0 Å². The maximum atomic E-state index is 11.8. The molecule has 10 atom stereocenters. The van der Waals surface area contributed by atoms with E-state index in [0.29, 0.717) is 23.2 Å². The Morgan fingerprint density at radius 1 is 0.788 bits per heavy atom. The van der Waals surface area contributed by atoms with Crippen molar-refractivity contribution in [1.29, 1.82) is 0 Å². The first-order valence-electron chi connectivity index (χ1n) is 13.9. The average molecular weight is 457 g/mol. The van der Waals surface area contributed by atoms with Crippen molar-refractivity contribution in [3.05, 3.63) is 12.2 Å². The van der Waals surface area contributed by atoms with Gasteiger partial charge in [-0.2, -0.15) is 0 Å². The Morgan fingerprint density at radius 3 is 2.24 bits per heavy atom. The molecule has 1 saturated heterocycles. The van der Waals surface area contributed by atoms with Crippen molar-refractivity contribution in [2.24, 2.45) is 50.2 Å². The van der Waals surface area contributed by atoms with E-state index in [1.807, 2.05) is 0 Å². The van der Waals surface area contributed by atoms with Gasteiger partial charge >= 0.3 is 0 Å². The maximum absolute atomic E-state index is 11.8. The number of aliphatic hydroxyl groups is 2. The number of aliphatic hydroxyl groups excluding tert-OH is 2. The third-order valence-electron chi connectivity index (χ3n) is 13.6. The average Bonchev–Trinajstić information content (AvgIpc) is 2.99. The molecule has 186 valence electrons. The lowest BCUT2D eigenvalue weighted by atomic mass is 9.32. The van der Waals surface area contributed by atoms with Crippen LogP contribution in [0.25, 0.3) is 0 Å². The highest BCUT2D eigenvalue weighted by molar-refractivity contribution is 5.35. The molecule has 2 N–H and O–H groups in total. The minimum Gasteiger partial charge on any atom is -0.393 e. The zero-order valence-corrected chi connectivity index (χ0v) is 22.2. The summed E-state index contributed by atoms with van der Waals surface area (Å²) in [6.07, 6.45) is 13.3. The second kappa shape index (κ2) is 6.30. The standard InChI is InChI=1S/C30H48O3/c1-24(2)14-15-29-18-33-30(21(29)16-24)13-9-20-26(5)11-10-22(31)25(3,4)19(26)8-12-27(20,6)28(30,7)17-23(29)32/h9,13,19-23,31-32H,8,10-12,14-18H2,1-7H3/t19-,20+,21+,22-,23-,26-,27+,28-,29+,30-/m0/s1. The molecule has 1 spiro atoms. The van der Waals surface area contributed by atoms with Crippen molar-refractivity contribution in [2.45, 2.75) is 118 Å². The van der Waals surface area contributed by atoms with Gasteiger partial charge in [0.2, 0.25) is 0 Å². The van der Waals surface area contributed by atoms with E-state index in [4.69, 9.17) is 4.74 Å². The van der Waals surface area contributed by atoms with Gasteiger partial charge in [0.1, 0.15) is 0 Å². The van der Waals surface area contributed by atoms with Crippen LogP contribution in [-0.2, 0) is 4.74 Å². The van der Waals surface area contributed by atoms with Crippen molar-refractivity contribution in [2.75, 3.05) is 6.61 Å². The summed E-state index contributed by atoms with van der Waals surface area (Å²) in [4.78, 5) is 0. The molecule has 5 fully saturated rings. The van der Waals surface area contributed by atoms with Crippen molar-refractivity contribution in [1.82, 2.24) is 0 Å². The maximum Gasteiger partial charge on any atom is 0.0957 e. The van der Waals surface area contributed by atoms with Gasteiger partial charge < -0.3 is 14.9 Å². The Morgan fingerprint density at radius 2 is 1.52 bits per heavy atom. The molecule has 0 unspecified atom stereocenters. The Bertz CT molecular complexity index is 891. The first kappa shape index (κ1) is 23.0. The third kappa shape index (κ3) is 2.40. The van der Waals surface area contributed by atoms with E-state index in [1.165, 1.54) is 12.8 Å². The Hall–Kier alpha value is -0.380. The van der Waals surface area contributed by atoms with Crippen LogP contribution < -0.4 is 0 Å². The molecule has 0 aromatic carbocycles. The van der Waals surface area contributed by atoms with Gasteiger partial charge in [0, 0.05) is 16.7 Å². The van der Waals surface area contributed by atoms with E-state index in [1.54, 1.807) is 0 Å². The number of fused-ring (bicyclic) bond motifs is 4. The van der Waals surface area contributed by atoms with Crippen molar-refractivity contribution < 1.29 is 14.9 Å². The molecule has 33 heavy (non-hydrogen) atoms. The van der Waals surface area contributed by atoms with Crippen LogP contribution in [0.1, 0.15) is 99.8 Å². The summed E-state index contributed by atoms with van der Waals surface area (Å²) >= 11 is 0. The molecular weight excluding hydrogens is 408 g/mol. The van der Waals surface area contributed by atoms with Gasteiger partial charge in [0.15, 0.2) is 0 Å². The first-order chi connectivity index (χ1) is 15.2. The third-order valence-corrected chi connectivity index (χ3v) is 13.6. The van der Waals surface area contributed by atoms with Crippen molar-refractivity contribution in [3.63, 3.8) is 0 Å². The zero-order valence-electron chi connectivity index (χ0n) is 22.2. The minimum absolute atomic E-state index is 0.0449. The highest BCUT2D eigenvalue weighted by Gasteiger charge is 2.78. The zero-order chi connectivity index (χ0) is 23.9. The lowest BCUT2D eigenvalue weighted by Gasteiger charge is -2.73. The van der Waals surface area contributed by atoms with Crippen LogP contribution in [-0.4, -0.2) is 34.6 Å². The molecule has 6 aliphatic rings. The summed E-state index contributed by atoms with van der Waals surface area (Å²) in [5.74, 6) is 1.40. The molecule has 1 heterocycles. The highest BCUT2D eigenvalue weighted by Crippen LogP contribution is 2.79. The lowest BCUT2D eigenvalue weighted by Crippen LogP contribution is -2.72. The molecule has 1 aliphatic heterocycles. The summed E-state index contributed by atoms with van der Waals surface area (Å²) in [5, 5.41) is 22.7. The summed E-state index contributed by atoms with van der Waals surface area (Å²) < 4.78 is 7.03. The fourth-order valence-electron chi connectivity index (χ4n) is 11.3. The van der Waals surface area contributed by atoms with E-state index in [0.717, 1.165) is 45.1 Å². The molecule has 3 nitrogen and oxygen atoms in total. The van der Waals surface area contributed by atoms with Crippen LogP contribution in [0.3, 0.4) is 0 Å². The van der Waals surface area contributed by atoms with Crippen LogP contribution in [0.2, 0.25) is 0 Å². The monoisotopic (exact) mass is 456 g/mol. The summed E-state index contributed by atoms with van der Waals surface area (Å²) in [6, 6.07) is 0. The van der Waals surface area contributed by atoms with Crippen molar-refractivity contribution in [3.8, 4) is 0 Å². The van der Waals surface area contributed by atoms with Crippen LogP contribution >= 0.6 is 0 Å². The quantitative estimate of drug-likeness (QED) is 0.431. The number of allylic oxidation sites excluding steroid dienone is 1. The van der Waals surface area contributed by atoms with E-state index in [9.17, 15) is 10.2 Å². The highest BCUT2D eigenvalue weighted by atomic mass is 16.5. The SMILES string of the molecule is CC1(C)CC[C@]23CO[C@@]4(C=C[C@@H]5[C@@]6(C)CC[C@H](O)C(C)(C)[C@@H]6CC[C@@]5(C)[C@]4(C)C[C@@H]2O)[C@@H]3C1. The number of hydrogen-bond acceptors (Lipinski definition) is 3. The topological polar surface area (TPSA) is 49.7 Å². The minimum atomic E-state index is -0.265. The first-order valence-corrected chi connectivity index (χ1v) is 13.9. The second-order valence-corrected chi connectivity index (χ2v) is 15.5. The molecule has 6 rings (SSSR count). The molecule has 0 aromatic heterocycles. The van der Waals surface area contributed by atoms with Crippen LogP contribution in [0.15, 0.2) is 12.2 Å². The molecule has 2 bridgehead atoms. The molecule has 5 aliphatic carbocycles. The van der Waals surface area contributed by atoms with Crippen molar-refractivity contribution >= 4 is 0 Å². The second-order valence-electron chi connectivity index (χ2n) is 15.5. The van der Waals surface area contributed by atoms with E-state index < -0.39 is 0 Å². The Labute approximate surface area is 201 Å². The van der Waals surface area contributed by atoms with E-state index in [2.05, 4.69) is 60.6 Å². The summed E-state index contributed by atoms with van der Waals surface area (Å²) in [6.45, 7) is 17.8. The predicted octanol–water partition coefficient (Wildman–Crippen LogP) is 6.13. The van der Waals surface area contributed by atoms with Crippen LogP contribution in [0.5, 0.6) is 0 Å². The van der Waals surface area contributed by atoms with Gasteiger partial charge in [-0.3, -0.25) is 0 Å². The molecule has 0 aromatic rings.